The van der Waals surface area contributed by atoms with Crippen molar-refractivity contribution in [2.24, 2.45) is 0 Å². The van der Waals surface area contributed by atoms with Crippen LogP contribution in [0.5, 0.6) is 0 Å². The summed E-state index contributed by atoms with van der Waals surface area (Å²) >= 11 is 0. The van der Waals surface area contributed by atoms with E-state index in [1.54, 1.807) is 29.2 Å². The molecule has 1 N–H and O–H groups in total. The Morgan fingerprint density at radius 3 is 2.32 bits per heavy atom. The van der Waals surface area contributed by atoms with E-state index >= 15 is 0 Å². The van der Waals surface area contributed by atoms with Gasteiger partial charge in [-0.3, -0.25) is 9.59 Å². The summed E-state index contributed by atoms with van der Waals surface area (Å²) in [5.41, 5.74) is 2.62. The van der Waals surface area contributed by atoms with Crippen molar-refractivity contribution >= 4 is 17.4 Å². The fourth-order valence-corrected chi connectivity index (χ4v) is 4.34. The van der Waals surface area contributed by atoms with E-state index in [0.29, 0.717) is 18.7 Å². The zero-order valence-electron chi connectivity index (χ0n) is 18.3. The molecule has 0 saturated carbocycles. The molecule has 5 heteroatoms. The van der Waals surface area contributed by atoms with Crippen molar-refractivity contribution in [3.8, 4) is 0 Å². The van der Waals surface area contributed by atoms with E-state index in [1.165, 1.54) is 0 Å². The fourth-order valence-electron chi connectivity index (χ4n) is 4.34. The van der Waals surface area contributed by atoms with Gasteiger partial charge in [0.15, 0.2) is 0 Å². The predicted molar refractivity (Wildman–Crippen MR) is 120 cm³/mol. The third-order valence-electron chi connectivity index (χ3n) is 6.10. The van der Waals surface area contributed by atoms with Gasteiger partial charge in [-0.2, -0.15) is 0 Å². The number of ketones is 1. The molecule has 2 heterocycles. The molecule has 1 amide bonds. The van der Waals surface area contributed by atoms with Crippen molar-refractivity contribution in [1.82, 2.24) is 4.90 Å². The molecular weight excluding hydrogens is 390 g/mol. The number of Topliss-reactive ketones (excluding diaryl/α,β-unsaturated/α-hetero) is 1. The highest BCUT2D eigenvalue weighted by molar-refractivity contribution is 6.46. The molecule has 2 unspecified atom stereocenters. The van der Waals surface area contributed by atoms with Crippen LogP contribution in [0.4, 0.5) is 0 Å². The second-order valence-corrected chi connectivity index (χ2v) is 9.32. The Hall–Kier alpha value is -2.92. The number of rotatable bonds is 4. The molecule has 2 atom stereocenters. The molecule has 2 aromatic carbocycles. The molecular formula is C26H29NO4. The van der Waals surface area contributed by atoms with E-state index in [1.807, 2.05) is 30.3 Å². The number of amides is 1. The van der Waals surface area contributed by atoms with Crippen molar-refractivity contribution in [2.45, 2.75) is 51.2 Å². The van der Waals surface area contributed by atoms with Crippen LogP contribution in [0.2, 0.25) is 0 Å². The number of carbonyl (C=O) groups excluding carboxylic acids is 2. The predicted octanol–water partition coefficient (Wildman–Crippen LogP) is 4.58. The van der Waals surface area contributed by atoms with E-state index in [2.05, 4.69) is 20.8 Å². The molecule has 0 bridgehead atoms. The molecule has 2 aliphatic rings. The number of likely N-dealkylation sites (tertiary alicyclic amines) is 1. The van der Waals surface area contributed by atoms with Crippen molar-refractivity contribution in [1.29, 1.82) is 0 Å². The van der Waals surface area contributed by atoms with Crippen molar-refractivity contribution in [3.05, 3.63) is 76.9 Å². The summed E-state index contributed by atoms with van der Waals surface area (Å²) < 4.78 is 5.74. The maximum atomic E-state index is 13.1. The van der Waals surface area contributed by atoms with Gasteiger partial charge >= 0.3 is 0 Å². The van der Waals surface area contributed by atoms with Gasteiger partial charge in [0.05, 0.1) is 17.7 Å². The first-order valence-corrected chi connectivity index (χ1v) is 10.8. The maximum absolute atomic E-state index is 13.1. The highest BCUT2D eigenvalue weighted by Crippen LogP contribution is 2.40. The van der Waals surface area contributed by atoms with E-state index < -0.39 is 17.7 Å². The normalized spacial score (nSPS) is 23.5. The van der Waals surface area contributed by atoms with Crippen LogP contribution in [0.15, 0.2) is 60.2 Å². The summed E-state index contributed by atoms with van der Waals surface area (Å²) in [5, 5.41) is 11.1. The number of aliphatic hydroxyl groups is 1. The Morgan fingerprint density at radius 2 is 1.74 bits per heavy atom. The van der Waals surface area contributed by atoms with E-state index in [9.17, 15) is 14.7 Å². The molecule has 31 heavy (non-hydrogen) atoms. The van der Waals surface area contributed by atoms with E-state index in [0.717, 1.165) is 24.0 Å². The molecule has 2 saturated heterocycles. The lowest BCUT2D eigenvalue weighted by Crippen LogP contribution is -2.36. The van der Waals surface area contributed by atoms with Crippen LogP contribution in [-0.4, -0.2) is 41.0 Å². The van der Waals surface area contributed by atoms with Crippen LogP contribution in [0, 0.1) is 0 Å². The summed E-state index contributed by atoms with van der Waals surface area (Å²) in [6.07, 6.45) is 1.72. The first-order valence-electron chi connectivity index (χ1n) is 10.8. The van der Waals surface area contributed by atoms with Gasteiger partial charge in [-0.1, -0.05) is 75.4 Å². The van der Waals surface area contributed by atoms with E-state index in [4.69, 9.17) is 4.74 Å². The summed E-state index contributed by atoms with van der Waals surface area (Å²) in [4.78, 5) is 27.7. The molecule has 162 valence electrons. The fraction of sp³-hybridized carbons (Fsp3) is 0.385. The molecule has 0 radical (unpaired) electrons. The third-order valence-corrected chi connectivity index (χ3v) is 6.10. The lowest BCUT2D eigenvalue weighted by Gasteiger charge is -2.28. The zero-order chi connectivity index (χ0) is 22.2. The minimum atomic E-state index is -0.649. The van der Waals surface area contributed by atoms with Gasteiger partial charge in [0.25, 0.3) is 11.7 Å². The second kappa shape index (κ2) is 8.31. The van der Waals surface area contributed by atoms with Gasteiger partial charge < -0.3 is 14.7 Å². The lowest BCUT2D eigenvalue weighted by atomic mass is 9.85. The topological polar surface area (TPSA) is 66.8 Å². The summed E-state index contributed by atoms with van der Waals surface area (Å²) in [6, 6.07) is 16.2. The Balaban J connectivity index is 1.81. The minimum absolute atomic E-state index is 0.0118. The van der Waals surface area contributed by atoms with Gasteiger partial charge in [0, 0.05) is 18.7 Å². The monoisotopic (exact) mass is 419 g/mol. The summed E-state index contributed by atoms with van der Waals surface area (Å²) in [5.74, 6) is -1.37. The maximum Gasteiger partial charge on any atom is 0.295 e. The number of hydrogen-bond donors (Lipinski definition) is 1. The average Bonchev–Trinajstić information content (AvgIpc) is 3.36. The van der Waals surface area contributed by atoms with Crippen molar-refractivity contribution in [3.63, 3.8) is 0 Å². The molecule has 4 rings (SSSR count). The smallest absolute Gasteiger partial charge is 0.295 e. The molecule has 0 spiro atoms. The highest BCUT2D eigenvalue weighted by Gasteiger charge is 2.47. The van der Waals surface area contributed by atoms with Crippen LogP contribution < -0.4 is 0 Å². The molecule has 0 aliphatic carbocycles. The van der Waals surface area contributed by atoms with Crippen LogP contribution >= 0.6 is 0 Å². The molecule has 0 aromatic heterocycles. The molecule has 5 nitrogen and oxygen atoms in total. The number of nitrogens with zero attached hydrogens (tertiary/aromatic N) is 1. The average molecular weight is 420 g/mol. The largest absolute Gasteiger partial charge is 0.507 e. The number of aliphatic hydroxyl groups excluding tert-OH is 1. The van der Waals surface area contributed by atoms with Crippen molar-refractivity contribution < 1.29 is 19.4 Å². The number of benzene rings is 2. The van der Waals surface area contributed by atoms with E-state index in [-0.39, 0.29) is 22.9 Å². The van der Waals surface area contributed by atoms with Crippen LogP contribution in [0.25, 0.3) is 5.76 Å². The highest BCUT2D eigenvalue weighted by atomic mass is 16.5. The Morgan fingerprint density at radius 1 is 1.06 bits per heavy atom. The number of carbonyl (C=O) groups is 2. The van der Waals surface area contributed by atoms with Crippen LogP contribution in [0.3, 0.4) is 0 Å². The third kappa shape index (κ3) is 4.15. The van der Waals surface area contributed by atoms with Gasteiger partial charge in [0.2, 0.25) is 0 Å². The van der Waals surface area contributed by atoms with Crippen molar-refractivity contribution in [2.75, 3.05) is 13.2 Å². The second-order valence-electron chi connectivity index (χ2n) is 9.32. The number of hydrogen-bond acceptors (Lipinski definition) is 4. The molecule has 2 fully saturated rings. The van der Waals surface area contributed by atoms with Gasteiger partial charge in [-0.05, 0) is 29.4 Å². The van der Waals surface area contributed by atoms with Gasteiger partial charge in [-0.15, -0.1) is 0 Å². The van der Waals surface area contributed by atoms with Gasteiger partial charge in [0.1, 0.15) is 5.76 Å². The minimum Gasteiger partial charge on any atom is -0.507 e. The number of ether oxygens (including phenoxy) is 1. The van der Waals surface area contributed by atoms with Crippen LogP contribution in [-0.2, 0) is 19.7 Å². The first-order chi connectivity index (χ1) is 14.8. The SMILES string of the molecule is CC(C)(C)c1ccc(C2/C(=C(/O)c3ccccc3)C(=O)C(=O)N2CC2CCCO2)cc1. The molecule has 2 aliphatic heterocycles. The molecule has 2 aromatic rings. The zero-order valence-corrected chi connectivity index (χ0v) is 18.3. The Bertz CT molecular complexity index is 996. The lowest BCUT2D eigenvalue weighted by molar-refractivity contribution is -0.140. The van der Waals surface area contributed by atoms with Crippen LogP contribution in [0.1, 0.15) is 56.3 Å². The Labute approximate surface area is 183 Å². The summed E-state index contributed by atoms with van der Waals surface area (Å²) in [7, 11) is 0. The Kier molecular flexibility index (Phi) is 5.71. The first kappa shape index (κ1) is 21.3. The van der Waals surface area contributed by atoms with Gasteiger partial charge in [-0.25, -0.2) is 0 Å². The quantitative estimate of drug-likeness (QED) is 0.447. The summed E-state index contributed by atoms with van der Waals surface area (Å²) in [6.45, 7) is 7.42. The standard InChI is InChI=1S/C26H29NO4/c1-26(2,3)19-13-11-17(12-14-19)22-21(23(28)18-8-5-4-6-9-18)24(29)25(30)27(22)16-20-10-7-15-31-20/h4-6,8-9,11-14,20,22,28H,7,10,15-16H2,1-3H3/b23-21-.